The number of nitrogens with zero attached hydrogens (tertiary/aromatic N) is 2. The van der Waals surface area contributed by atoms with Crippen LogP contribution in [-0.4, -0.2) is 70.0 Å². The maximum absolute atomic E-state index is 13.6. The first-order valence-electron chi connectivity index (χ1n) is 17.1. The second-order valence-electron chi connectivity index (χ2n) is 13.0. The van der Waals surface area contributed by atoms with Crippen LogP contribution in [0.3, 0.4) is 0 Å². The molecule has 7 nitrogen and oxygen atoms in total. The molecule has 3 aliphatic rings. The molecule has 1 N–H and O–H groups in total. The summed E-state index contributed by atoms with van der Waals surface area (Å²) in [5, 5.41) is 3.18. The minimum atomic E-state index is -0.0267. The van der Waals surface area contributed by atoms with E-state index in [1.807, 2.05) is 24.3 Å². The zero-order valence-corrected chi connectivity index (χ0v) is 30.0. The van der Waals surface area contributed by atoms with Crippen LogP contribution in [0.15, 0.2) is 72.3 Å². The molecule has 3 aromatic carbocycles. The van der Waals surface area contributed by atoms with Gasteiger partial charge in [0, 0.05) is 62.4 Å². The van der Waals surface area contributed by atoms with E-state index < -0.39 is 0 Å². The minimum Gasteiger partial charge on any atom is -0.491 e. The number of anilines is 2. The third kappa shape index (κ3) is 10.5. The Morgan fingerprint density at radius 2 is 1.65 bits per heavy atom. The predicted molar refractivity (Wildman–Crippen MR) is 201 cm³/mol. The molecule has 1 saturated heterocycles. The molecule has 1 amide bonds. The maximum atomic E-state index is 13.6. The zero-order chi connectivity index (χ0) is 31.7. The molecule has 0 aromatic heterocycles. The van der Waals surface area contributed by atoms with Crippen molar-refractivity contribution in [2.45, 2.75) is 58.0 Å². The Balaban J connectivity index is 0.00000260. The van der Waals surface area contributed by atoms with E-state index in [0.29, 0.717) is 25.7 Å². The number of rotatable bonds is 14. The summed E-state index contributed by atoms with van der Waals surface area (Å²) < 4.78 is 16.9. The van der Waals surface area contributed by atoms with E-state index in [1.54, 1.807) is 0 Å². The summed E-state index contributed by atoms with van der Waals surface area (Å²) in [4.78, 5) is 18.5. The second-order valence-corrected chi connectivity index (χ2v) is 13.0. The van der Waals surface area contributed by atoms with Gasteiger partial charge in [-0.2, -0.15) is 0 Å². The van der Waals surface area contributed by atoms with Gasteiger partial charge in [0.25, 0.3) is 5.91 Å². The summed E-state index contributed by atoms with van der Waals surface area (Å²) >= 11 is 0. The number of ether oxygens (including phenoxy) is 3. The van der Waals surface area contributed by atoms with E-state index in [4.69, 9.17) is 14.2 Å². The van der Waals surface area contributed by atoms with E-state index in [2.05, 4.69) is 77.6 Å². The highest BCUT2D eigenvalue weighted by Gasteiger charge is 2.27. The number of carbonyl (C=O) groups is 1. The average molecular weight is 697 g/mol. The van der Waals surface area contributed by atoms with Crippen LogP contribution in [0, 0.1) is 5.92 Å². The lowest BCUT2D eigenvalue weighted by Gasteiger charge is -2.31. The summed E-state index contributed by atoms with van der Waals surface area (Å²) in [6, 6.07) is 23.8. The van der Waals surface area contributed by atoms with Gasteiger partial charge in [0.1, 0.15) is 12.4 Å². The van der Waals surface area contributed by atoms with Crippen molar-refractivity contribution < 1.29 is 19.0 Å². The van der Waals surface area contributed by atoms with Crippen molar-refractivity contribution in [3.05, 3.63) is 83.4 Å². The Kier molecular flexibility index (Phi) is 14.6. The normalized spacial score (nSPS) is 16.2. The molecule has 0 bridgehead atoms. The van der Waals surface area contributed by atoms with Crippen LogP contribution in [0.4, 0.5) is 11.4 Å². The summed E-state index contributed by atoms with van der Waals surface area (Å²) in [6.07, 6.45) is 8.59. The van der Waals surface area contributed by atoms with E-state index in [-0.39, 0.29) is 30.7 Å². The molecular formula is C39H51Cl2N3O4. The second kappa shape index (κ2) is 18.6. The molecule has 3 aromatic rings. The Hall–Kier alpha value is -3.07. The lowest BCUT2D eigenvalue weighted by atomic mass is 10.00. The monoisotopic (exact) mass is 695 g/mol. The quantitative estimate of drug-likeness (QED) is 0.171. The molecule has 1 aliphatic carbocycles. The molecule has 2 aliphatic heterocycles. The predicted octanol–water partition coefficient (Wildman–Crippen LogP) is 8.26. The maximum Gasteiger partial charge on any atom is 0.251 e. The van der Waals surface area contributed by atoms with Gasteiger partial charge in [-0.05, 0) is 116 Å². The molecule has 2 heterocycles. The number of hydrogen-bond donors (Lipinski definition) is 1. The van der Waals surface area contributed by atoms with Gasteiger partial charge in [0.05, 0.1) is 6.61 Å². The summed E-state index contributed by atoms with van der Waals surface area (Å²) in [6.45, 7) is 8.48. The highest BCUT2D eigenvalue weighted by Crippen LogP contribution is 2.37. The van der Waals surface area contributed by atoms with Gasteiger partial charge < -0.3 is 24.4 Å². The molecule has 6 rings (SSSR count). The van der Waals surface area contributed by atoms with Gasteiger partial charge in [0.2, 0.25) is 0 Å². The van der Waals surface area contributed by atoms with Crippen LogP contribution in [0.2, 0.25) is 0 Å². The van der Waals surface area contributed by atoms with E-state index in [9.17, 15) is 4.79 Å². The highest BCUT2D eigenvalue weighted by atomic mass is 35.5. The smallest absolute Gasteiger partial charge is 0.251 e. The van der Waals surface area contributed by atoms with Crippen LogP contribution in [-0.2, 0) is 20.8 Å². The SMILES string of the molecule is CCCOCCOc1ccc(-c2ccc3c(c2)C=C(C(=O)Nc2ccc(CN(C)C4CCOCC4)cc2)CCN3CC2CC2)cc1.Cl.Cl. The summed E-state index contributed by atoms with van der Waals surface area (Å²) in [5.74, 6) is 1.57. The van der Waals surface area contributed by atoms with Crippen molar-refractivity contribution in [1.29, 1.82) is 0 Å². The van der Waals surface area contributed by atoms with Crippen LogP contribution < -0.4 is 15.0 Å². The first-order valence-corrected chi connectivity index (χ1v) is 17.1. The van der Waals surface area contributed by atoms with E-state index in [0.717, 1.165) is 98.3 Å². The van der Waals surface area contributed by atoms with E-state index in [1.165, 1.54) is 24.1 Å². The number of benzene rings is 3. The van der Waals surface area contributed by atoms with Gasteiger partial charge in [0.15, 0.2) is 0 Å². The van der Waals surface area contributed by atoms with Crippen molar-refractivity contribution in [3.63, 3.8) is 0 Å². The van der Waals surface area contributed by atoms with Gasteiger partial charge in [-0.15, -0.1) is 24.8 Å². The largest absolute Gasteiger partial charge is 0.491 e. The van der Waals surface area contributed by atoms with Crippen molar-refractivity contribution in [2.75, 3.05) is 63.4 Å². The van der Waals surface area contributed by atoms with Gasteiger partial charge in [-0.1, -0.05) is 37.3 Å². The van der Waals surface area contributed by atoms with Crippen molar-refractivity contribution in [1.82, 2.24) is 4.90 Å². The number of nitrogens with one attached hydrogen (secondary N) is 1. The number of fused-ring (bicyclic) bond motifs is 1. The molecule has 1 saturated carbocycles. The topological polar surface area (TPSA) is 63.3 Å². The van der Waals surface area contributed by atoms with Crippen molar-refractivity contribution >= 4 is 48.2 Å². The first kappa shape index (κ1) is 37.7. The number of hydrogen-bond acceptors (Lipinski definition) is 6. The lowest BCUT2D eigenvalue weighted by Crippen LogP contribution is -2.36. The molecular weight excluding hydrogens is 645 g/mol. The van der Waals surface area contributed by atoms with Gasteiger partial charge in [-0.3, -0.25) is 9.69 Å². The average Bonchev–Trinajstić information content (AvgIpc) is 3.93. The molecule has 0 unspecified atom stereocenters. The van der Waals surface area contributed by atoms with Gasteiger partial charge >= 0.3 is 0 Å². The van der Waals surface area contributed by atoms with Crippen LogP contribution >= 0.6 is 24.8 Å². The van der Waals surface area contributed by atoms with Crippen LogP contribution in [0.5, 0.6) is 5.75 Å². The Morgan fingerprint density at radius 1 is 0.917 bits per heavy atom. The first-order chi connectivity index (χ1) is 22.6. The third-order valence-electron chi connectivity index (χ3n) is 9.31. The molecule has 0 radical (unpaired) electrons. The number of carbonyl (C=O) groups excluding carboxylic acids is 1. The standard InChI is InChI=1S/C39H49N3O4.2ClH/c1-3-20-44-23-24-46-37-13-8-31(9-14-37)32-10-15-38-34(25-32)26-33(16-19-42(38)28-30-4-5-30)39(43)40-35-11-6-29(7-12-35)27-41(2)36-17-21-45-22-18-36;;/h6-15,25-26,30,36H,3-5,16-24,27-28H2,1-2H3,(H,40,43);2*1H. The minimum absolute atomic E-state index is 0. The fourth-order valence-electron chi connectivity index (χ4n) is 6.41. The fourth-order valence-corrected chi connectivity index (χ4v) is 6.41. The van der Waals surface area contributed by atoms with Crippen molar-refractivity contribution in [2.24, 2.45) is 5.92 Å². The molecule has 9 heteroatoms. The summed E-state index contributed by atoms with van der Waals surface area (Å²) in [7, 11) is 2.19. The fraction of sp³-hybridized carbons (Fsp3) is 0.462. The van der Waals surface area contributed by atoms with Gasteiger partial charge in [-0.25, -0.2) is 0 Å². The molecule has 0 atom stereocenters. The summed E-state index contributed by atoms with van der Waals surface area (Å²) in [5.41, 5.74) is 7.45. The van der Waals surface area contributed by atoms with Crippen LogP contribution in [0.25, 0.3) is 17.2 Å². The lowest BCUT2D eigenvalue weighted by molar-refractivity contribution is -0.112. The molecule has 260 valence electrons. The Bertz CT molecular complexity index is 1470. The third-order valence-corrected chi connectivity index (χ3v) is 9.31. The number of amides is 1. The van der Waals surface area contributed by atoms with Crippen LogP contribution in [0.1, 0.15) is 56.6 Å². The molecule has 2 fully saturated rings. The van der Waals surface area contributed by atoms with Crippen molar-refractivity contribution in [3.8, 4) is 16.9 Å². The van der Waals surface area contributed by atoms with E-state index >= 15 is 0 Å². The number of halogens is 2. The Morgan fingerprint density at radius 3 is 2.35 bits per heavy atom. The zero-order valence-electron chi connectivity index (χ0n) is 28.3. The Labute approximate surface area is 298 Å². The highest BCUT2D eigenvalue weighted by molar-refractivity contribution is 6.07. The molecule has 0 spiro atoms. The molecule has 48 heavy (non-hydrogen) atoms.